The molecule has 0 saturated carbocycles. The Labute approximate surface area is 112 Å². The van der Waals surface area contributed by atoms with Crippen LogP contribution in [0.3, 0.4) is 0 Å². The van der Waals surface area contributed by atoms with Crippen LogP contribution in [0.5, 0.6) is 5.75 Å². The van der Waals surface area contributed by atoms with Gasteiger partial charge in [0.05, 0.1) is 11.6 Å². The zero-order chi connectivity index (χ0) is 12.1. The Morgan fingerprint density at radius 2 is 2.00 bits per heavy atom. The molecule has 0 amide bonds. The molecule has 1 aromatic carbocycles. The number of piperidine rings is 1. The van der Waals surface area contributed by atoms with Gasteiger partial charge in [-0.05, 0) is 66.0 Å². The number of benzene rings is 1. The minimum atomic E-state index is 0.909. The molecular formula is C14H20BrNO. The van der Waals surface area contributed by atoms with E-state index in [1.54, 1.807) is 7.11 Å². The van der Waals surface area contributed by atoms with Gasteiger partial charge >= 0.3 is 0 Å². The van der Waals surface area contributed by atoms with Crippen molar-refractivity contribution in [2.24, 2.45) is 0 Å². The quantitative estimate of drug-likeness (QED) is 0.843. The van der Waals surface area contributed by atoms with Gasteiger partial charge in [-0.25, -0.2) is 0 Å². The molecule has 94 valence electrons. The third-order valence-corrected chi connectivity index (χ3v) is 4.00. The van der Waals surface area contributed by atoms with Crippen LogP contribution in [-0.4, -0.2) is 31.6 Å². The highest BCUT2D eigenvalue weighted by molar-refractivity contribution is 9.10. The van der Waals surface area contributed by atoms with Crippen LogP contribution in [0.1, 0.15) is 24.8 Å². The SMILES string of the molecule is COc1ccc(CCN2CCCCC2)cc1Br. The van der Waals surface area contributed by atoms with E-state index in [4.69, 9.17) is 4.74 Å². The molecule has 0 aromatic heterocycles. The summed E-state index contributed by atoms with van der Waals surface area (Å²) in [6.45, 7) is 3.73. The fourth-order valence-corrected chi connectivity index (χ4v) is 2.92. The fraction of sp³-hybridized carbons (Fsp3) is 0.571. The van der Waals surface area contributed by atoms with Crippen LogP contribution in [0.15, 0.2) is 22.7 Å². The average molecular weight is 298 g/mol. The number of halogens is 1. The molecule has 0 bridgehead atoms. The Balaban J connectivity index is 1.87. The number of hydrogen-bond donors (Lipinski definition) is 0. The Hall–Kier alpha value is -0.540. The maximum Gasteiger partial charge on any atom is 0.133 e. The van der Waals surface area contributed by atoms with Crippen molar-refractivity contribution in [3.05, 3.63) is 28.2 Å². The molecule has 2 rings (SSSR count). The molecule has 0 radical (unpaired) electrons. The molecule has 0 aliphatic carbocycles. The van der Waals surface area contributed by atoms with Crippen molar-refractivity contribution in [2.75, 3.05) is 26.7 Å². The lowest BCUT2D eigenvalue weighted by molar-refractivity contribution is 0.231. The van der Waals surface area contributed by atoms with Crippen LogP contribution in [0.4, 0.5) is 0 Å². The van der Waals surface area contributed by atoms with E-state index < -0.39 is 0 Å². The molecule has 0 unspecified atom stereocenters. The van der Waals surface area contributed by atoms with E-state index in [1.165, 1.54) is 44.5 Å². The fourth-order valence-electron chi connectivity index (χ4n) is 2.34. The molecule has 0 spiro atoms. The van der Waals surface area contributed by atoms with Gasteiger partial charge in [-0.1, -0.05) is 12.5 Å². The van der Waals surface area contributed by atoms with E-state index in [9.17, 15) is 0 Å². The highest BCUT2D eigenvalue weighted by Crippen LogP contribution is 2.25. The van der Waals surface area contributed by atoms with Gasteiger partial charge in [0.1, 0.15) is 5.75 Å². The summed E-state index contributed by atoms with van der Waals surface area (Å²) >= 11 is 3.53. The standard InChI is InChI=1S/C14H20BrNO/c1-17-14-6-5-12(11-13(14)15)7-10-16-8-3-2-4-9-16/h5-6,11H,2-4,7-10H2,1H3. The summed E-state index contributed by atoms with van der Waals surface area (Å²) in [5.74, 6) is 0.909. The second-order valence-electron chi connectivity index (χ2n) is 4.62. The molecule has 1 aliphatic heterocycles. The first-order valence-electron chi connectivity index (χ1n) is 6.34. The van der Waals surface area contributed by atoms with Gasteiger partial charge in [-0.2, -0.15) is 0 Å². The van der Waals surface area contributed by atoms with Crippen molar-refractivity contribution in [3.8, 4) is 5.75 Å². The van der Waals surface area contributed by atoms with E-state index in [0.29, 0.717) is 0 Å². The third-order valence-electron chi connectivity index (χ3n) is 3.38. The molecule has 1 aliphatic rings. The summed E-state index contributed by atoms with van der Waals surface area (Å²) < 4.78 is 6.29. The highest BCUT2D eigenvalue weighted by atomic mass is 79.9. The summed E-state index contributed by atoms with van der Waals surface area (Å²) in [5.41, 5.74) is 1.38. The molecule has 1 fully saturated rings. The number of methoxy groups -OCH3 is 1. The predicted molar refractivity (Wildman–Crippen MR) is 74.7 cm³/mol. The minimum Gasteiger partial charge on any atom is -0.496 e. The van der Waals surface area contributed by atoms with Gasteiger partial charge in [-0.3, -0.25) is 0 Å². The van der Waals surface area contributed by atoms with Gasteiger partial charge in [0.2, 0.25) is 0 Å². The molecule has 3 heteroatoms. The van der Waals surface area contributed by atoms with E-state index in [2.05, 4.69) is 33.0 Å². The first kappa shape index (κ1) is 12.9. The second kappa shape index (κ2) is 6.41. The van der Waals surface area contributed by atoms with E-state index in [0.717, 1.165) is 16.6 Å². The zero-order valence-electron chi connectivity index (χ0n) is 10.4. The first-order valence-corrected chi connectivity index (χ1v) is 7.13. The number of rotatable bonds is 4. The Kier molecular flexibility index (Phi) is 4.86. The maximum absolute atomic E-state index is 5.24. The van der Waals surface area contributed by atoms with Crippen LogP contribution in [0.2, 0.25) is 0 Å². The van der Waals surface area contributed by atoms with Crippen molar-refractivity contribution >= 4 is 15.9 Å². The first-order chi connectivity index (χ1) is 8.29. The predicted octanol–water partition coefficient (Wildman–Crippen LogP) is 3.49. The van der Waals surface area contributed by atoms with Crippen molar-refractivity contribution in [2.45, 2.75) is 25.7 Å². The number of hydrogen-bond acceptors (Lipinski definition) is 2. The topological polar surface area (TPSA) is 12.5 Å². The van der Waals surface area contributed by atoms with Gasteiger partial charge in [0.15, 0.2) is 0 Å². The number of nitrogens with zero attached hydrogens (tertiary/aromatic N) is 1. The van der Waals surface area contributed by atoms with E-state index in [1.807, 2.05) is 6.07 Å². The Morgan fingerprint density at radius 1 is 1.24 bits per heavy atom. The lowest BCUT2D eigenvalue weighted by Crippen LogP contribution is -2.31. The monoisotopic (exact) mass is 297 g/mol. The van der Waals surface area contributed by atoms with Crippen LogP contribution in [0, 0.1) is 0 Å². The lowest BCUT2D eigenvalue weighted by Gasteiger charge is -2.26. The van der Waals surface area contributed by atoms with Crippen molar-refractivity contribution in [1.82, 2.24) is 4.90 Å². The van der Waals surface area contributed by atoms with E-state index >= 15 is 0 Å². The smallest absolute Gasteiger partial charge is 0.133 e. The van der Waals surface area contributed by atoms with Crippen LogP contribution in [0.25, 0.3) is 0 Å². The molecule has 1 saturated heterocycles. The Bertz CT molecular complexity index is 361. The molecule has 2 nitrogen and oxygen atoms in total. The minimum absolute atomic E-state index is 0.909. The van der Waals surface area contributed by atoms with Crippen molar-refractivity contribution < 1.29 is 4.74 Å². The molecule has 0 N–H and O–H groups in total. The molecule has 0 atom stereocenters. The summed E-state index contributed by atoms with van der Waals surface area (Å²) in [6, 6.07) is 6.37. The van der Waals surface area contributed by atoms with Gasteiger partial charge in [-0.15, -0.1) is 0 Å². The molecular weight excluding hydrogens is 278 g/mol. The maximum atomic E-state index is 5.24. The summed E-state index contributed by atoms with van der Waals surface area (Å²) in [5, 5.41) is 0. The average Bonchev–Trinajstić information content (AvgIpc) is 2.38. The van der Waals surface area contributed by atoms with Crippen molar-refractivity contribution in [1.29, 1.82) is 0 Å². The molecule has 1 aromatic rings. The summed E-state index contributed by atoms with van der Waals surface area (Å²) in [4.78, 5) is 2.57. The molecule has 1 heterocycles. The van der Waals surface area contributed by atoms with Gasteiger partial charge in [0.25, 0.3) is 0 Å². The summed E-state index contributed by atoms with van der Waals surface area (Å²) in [6.07, 6.45) is 5.27. The molecule has 17 heavy (non-hydrogen) atoms. The number of ether oxygens (including phenoxy) is 1. The Morgan fingerprint density at radius 3 is 2.65 bits per heavy atom. The normalized spacial score (nSPS) is 17.1. The van der Waals surface area contributed by atoms with Crippen LogP contribution < -0.4 is 4.74 Å². The van der Waals surface area contributed by atoms with Crippen molar-refractivity contribution in [3.63, 3.8) is 0 Å². The van der Waals surface area contributed by atoms with Crippen LogP contribution >= 0.6 is 15.9 Å². The van der Waals surface area contributed by atoms with Crippen LogP contribution in [-0.2, 0) is 6.42 Å². The zero-order valence-corrected chi connectivity index (χ0v) is 12.0. The van der Waals surface area contributed by atoms with E-state index in [-0.39, 0.29) is 0 Å². The largest absolute Gasteiger partial charge is 0.496 e. The van der Waals surface area contributed by atoms with Gasteiger partial charge < -0.3 is 9.64 Å². The van der Waals surface area contributed by atoms with Gasteiger partial charge in [0, 0.05) is 6.54 Å². The lowest BCUT2D eigenvalue weighted by atomic mass is 10.1. The number of likely N-dealkylation sites (tertiary alicyclic amines) is 1. The third kappa shape index (κ3) is 3.71. The summed E-state index contributed by atoms with van der Waals surface area (Å²) in [7, 11) is 1.70. The highest BCUT2D eigenvalue weighted by Gasteiger charge is 2.10. The second-order valence-corrected chi connectivity index (χ2v) is 5.48.